The molecule has 7 heteroatoms. The number of esters is 1. The maximum atomic E-state index is 11.2. The first-order valence-electron chi connectivity index (χ1n) is 5.70. The van der Waals surface area contributed by atoms with E-state index in [9.17, 15) is 9.59 Å². The number of carbonyl (C=O) groups is 2. The predicted octanol–water partition coefficient (Wildman–Crippen LogP) is 0.154. The molecule has 106 valence electrons. The molecule has 0 aromatic carbocycles. The van der Waals surface area contributed by atoms with Crippen molar-refractivity contribution < 1.29 is 34.0 Å². The van der Waals surface area contributed by atoms with Gasteiger partial charge in [0.2, 0.25) is 0 Å². The highest BCUT2D eigenvalue weighted by Gasteiger charge is 2.16. The Bertz CT molecular complexity index is 250. The molecule has 18 heavy (non-hydrogen) atoms. The van der Waals surface area contributed by atoms with Gasteiger partial charge in [-0.25, -0.2) is 0 Å². The molecule has 0 aliphatic rings. The maximum absolute atomic E-state index is 11.2. The molecule has 0 aromatic rings. The van der Waals surface area contributed by atoms with Crippen LogP contribution < -0.4 is 0 Å². The van der Waals surface area contributed by atoms with Gasteiger partial charge in [0, 0.05) is 7.11 Å². The summed E-state index contributed by atoms with van der Waals surface area (Å²) in [4.78, 5) is 21.4. The summed E-state index contributed by atoms with van der Waals surface area (Å²) in [6.45, 7) is 1.55. The van der Waals surface area contributed by atoms with E-state index in [1.807, 2.05) is 6.92 Å². The van der Waals surface area contributed by atoms with Gasteiger partial charge in [-0.3, -0.25) is 9.59 Å². The van der Waals surface area contributed by atoms with E-state index in [0.29, 0.717) is 6.42 Å². The average molecular weight is 264 g/mol. The lowest BCUT2D eigenvalue weighted by atomic mass is 10.3. The van der Waals surface area contributed by atoms with Crippen molar-refractivity contribution in [2.24, 2.45) is 0 Å². The van der Waals surface area contributed by atoms with Crippen LogP contribution in [0.25, 0.3) is 0 Å². The Morgan fingerprint density at radius 1 is 1.28 bits per heavy atom. The first-order chi connectivity index (χ1) is 8.53. The van der Waals surface area contributed by atoms with Gasteiger partial charge in [-0.15, -0.1) is 0 Å². The lowest BCUT2D eigenvalue weighted by Gasteiger charge is -2.21. The zero-order valence-electron chi connectivity index (χ0n) is 10.6. The van der Waals surface area contributed by atoms with Crippen LogP contribution in [0.3, 0.4) is 0 Å². The second kappa shape index (κ2) is 9.81. The fraction of sp³-hybridized carbons (Fsp3) is 0.818. The van der Waals surface area contributed by atoms with Gasteiger partial charge in [0.1, 0.15) is 6.61 Å². The number of carboxylic acid groups (broad SMARTS) is 1. The zero-order chi connectivity index (χ0) is 14.0. The lowest BCUT2D eigenvalue weighted by molar-refractivity contribution is -0.188. The number of aliphatic hydroxyl groups is 1. The van der Waals surface area contributed by atoms with Gasteiger partial charge in [0.15, 0.2) is 6.29 Å². The lowest BCUT2D eigenvalue weighted by Crippen LogP contribution is -2.30. The van der Waals surface area contributed by atoms with E-state index in [2.05, 4.69) is 0 Å². The Kier molecular flexibility index (Phi) is 9.17. The minimum atomic E-state index is -1.05. The first kappa shape index (κ1) is 16.8. The van der Waals surface area contributed by atoms with Crippen LogP contribution in [0.5, 0.6) is 0 Å². The van der Waals surface area contributed by atoms with Crippen LogP contribution in [0.2, 0.25) is 0 Å². The summed E-state index contributed by atoms with van der Waals surface area (Å²) in [5.74, 6) is -1.63. The Labute approximate surface area is 106 Å². The third kappa shape index (κ3) is 7.99. The number of hydrogen-bond acceptors (Lipinski definition) is 6. The minimum absolute atomic E-state index is 0.00874. The van der Waals surface area contributed by atoms with Gasteiger partial charge in [-0.1, -0.05) is 6.92 Å². The van der Waals surface area contributed by atoms with E-state index in [1.54, 1.807) is 0 Å². The molecule has 0 heterocycles. The van der Waals surface area contributed by atoms with Crippen LogP contribution in [-0.2, 0) is 23.8 Å². The van der Waals surface area contributed by atoms with Crippen molar-refractivity contribution in [2.75, 3.05) is 20.3 Å². The van der Waals surface area contributed by atoms with Crippen molar-refractivity contribution in [3.63, 3.8) is 0 Å². The van der Waals surface area contributed by atoms with Gasteiger partial charge in [-0.05, 0) is 6.42 Å². The molecule has 0 spiro atoms. The van der Waals surface area contributed by atoms with Gasteiger partial charge >= 0.3 is 11.9 Å². The number of aliphatic hydroxyl groups excluding tert-OH is 1. The van der Waals surface area contributed by atoms with Crippen molar-refractivity contribution in [3.05, 3.63) is 0 Å². The summed E-state index contributed by atoms with van der Waals surface area (Å²) in [5, 5.41) is 17.3. The van der Waals surface area contributed by atoms with E-state index >= 15 is 0 Å². The maximum Gasteiger partial charge on any atom is 0.306 e. The molecule has 2 N–H and O–H groups in total. The summed E-state index contributed by atoms with van der Waals surface area (Å²) >= 11 is 0. The average Bonchev–Trinajstić information content (AvgIpc) is 2.36. The number of rotatable bonds is 10. The zero-order valence-corrected chi connectivity index (χ0v) is 10.6. The minimum Gasteiger partial charge on any atom is -0.481 e. The molecule has 0 amide bonds. The van der Waals surface area contributed by atoms with E-state index in [4.69, 9.17) is 24.4 Å². The molecule has 0 fully saturated rings. The molecule has 0 aromatic heterocycles. The topological polar surface area (TPSA) is 102 Å². The SMILES string of the molecule is CCC(COC(=O)CCC(=O)O)OC(CO)OC. The summed E-state index contributed by atoms with van der Waals surface area (Å²) < 4.78 is 15.0. The van der Waals surface area contributed by atoms with Crippen LogP contribution in [0, 0.1) is 0 Å². The van der Waals surface area contributed by atoms with Crippen LogP contribution >= 0.6 is 0 Å². The number of aliphatic carboxylic acids is 1. The molecular weight excluding hydrogens is 244 g/mol. The van der Waals surface area contributed by atoms with Crippen molar-refractivity contribution in [1.29, 1.82) is 0 Å². The van der Waals surface area contributed by atoms with Crippen molar-refractivity contribution in [2.45, 2.75) is 38.6 Å². The van der Waals surface area contributed by atoms with E-state index in [1.165, 1.54) is 7.11 Å². The standard InChI is InChI=1S/C11H20O7/c1-3-8(18-11(6-12)16-2)7-17-10(15)5-4-9(13)14/h8,11-12H,3-7H2,1-2H3,(H,13,14). The van der Waals surface area contributed by atoms with Gasteiger partial charge in [0.05, 0.1) is 25.6 Å². The first-order valence-corrected chi connectivity index (χ1v) is 5.70. The van der Waals surface area contributed by atoms with Crippen LogP contribution in [-0.4, -0.2) is 54.9 Å². The van der Waals surface area contributed by atoms with Gasteiger partial charge in [-0.2, -0.15) is 0 Å². The normalized spacial score (nSPS) is 13.9. The van der Waals surface area contributed by atoms with Gasteiger partial charge in [0.25, 0.3) is 0 Å². The third-order valence-electron chi connectivity index (χ3n) is 2.18. The molecule has 0 saturated heterocycles. The Morgan fingerprint density at radius 3 is 2.39 bits per heavy atom. The molecule has 2 unspecified atom stereocenters. The molecule has 0 bridgehead atoms. The number of methoxy groups -OCH3 is 1. The number of carboxylic acids is 1. The Morgan fingerprint density at radius 2 is 1.94 bits per heavy atom. The van der Waals surface area contributed by atoms with Gasteiger partial charge < -0.3 is 24.4 Å². The van der Waals surface area contributed by atoms with E-state index in [-0.39, 0.29) is 26.1 Å². The van der Waals surface area contributed by atoms with Crippen molar-refractivity contribution >= 4 is 11.9 Å². The molecule has 0 radical (unpaired) electrons. The molecule has 7 nitrogen and oxygen atoms in total. The van der Waals surface area contributed by atoms with Crippen molar-refractivity contribution in [1.82, 2.24) is 0 Å². The second-order valence-corrected chi connectivity index (χ2v) is 3.59. The fourth-order valence-corrected chi connectivity index (χ4v) is 1.11. The van der Waals surface area contributed by atoms with Crippen molar-refractivity contribution in [3.8, 4) is 0 Å². The van der Waals surface area contributed by atoms with Crippen LogP contribution in [0.1, 0.15) is 26.2 Å². The second-order valence-electron chi connectivity index (χ2n) is 3.59. The molecule has 0 saturated carbocycles. The highest BCUT2D eigenvalue weighted by Crippen LogP contribution is 2.05. The largest absolute Gasteiger partial charge is 0.481 e. The molecule has 0 aliphatic carbocycles. The monoisotopic (exact) mass is 264 g/mol. The Balaban J connectivity index is 3.91. The van der Waals surface area contributed by atoms with Crippen LogP contribution in [0.15, 0.2) is 0 Å². The molecule has 2 atom stereocenters. The molecular formula is C11H20O7. The summed E-state index contributed by atoms with van der Waals surface area (Å²) in [6, 6.07) is 0. The third-order valence-corrected chi connectivity index (χ3v) is 2.18. The Hall–Kier alpha value is -1.18. The smallest absolute Gasteiger partial charge is 0.306 e. The van der Waals surface area contributed by atoms with E-state index < -0.39 is 24.3 Å². The summed E-state index contributed by atoms with van der Waals surface area (Å²) in [5.41, 5.74) is 0. The number of carbonyl (C=O) groups excluding carboxylic acids is 1. The van der Waals surface area contributed by atoms with Crippen LogP contribution in [0.4, 0.5) is 0 Å². The number of ether oxygens (including phenoxy) is 3. The predicted molar refractivity (Wildman–Crippen MR) is 60.9 cm³/mol. The molecule has 0 rings (SSSR count). The summed E-state index contributed by atoms with van der Waals surface area (Å²) in [7, 11) is 1.40. The van der Waals surface area contributed by atoms with E-state index in [0.717, 1.165) is 0 Å². The fourth-order valence-electron chi connectivity index (χ4n) is 1.11. The highest BCUT2D eigenvalue weighted by molar-refractivity contribution is 5.76. The molecule has 0 aliphatic heterocycles. The number of hydrogen-bond donors (Lipinski definition) is 2. The quantitative estimate of drug-likeness (QED) is 0.428. The summed E-state index contributed by atoms with van der Waals surface area (Å²) in [6.07, 6.45) is -0.997. The highest BCUT2D eigenvalue weighted by atomic mass is 16.7.